The summed E-state index contributed by atoms with van der Waals surface area (Å²) in [7, 11) is 0. The molecule has 1 aromatic rings. The van der Waals surface area contributed by atoms with E-state index in [4.69, 9.17) is 0 Å². The largest absolute Gasteiger partial charge is 0.347 e. The van der Waals surface area contributed by atoms with Gasteiger partial charge in [0.05, 0.1) is 6.54 Å². The summed E-state index contributed by atoms with van der Waals surface area (Å²) < 4.78 is 0. The molecule has 0 aliphatic carbocycles. The number of carbonyl (C=O) groups is 2. The van der Waals surface area contributed by atoms with Crippen molar-refractivity contribution in [2.45, 2.75) is 34.1 Å². The van der Waals surface area contributed by atoms with Crippen LogP contribution in [-0.4, -0.2) is 18.4 Å². The van der Waals surface area contributed by atoms with Crippen LogP contribution in [0.1, 0.15) is 31.4 Å². The third kappa shape index (κ3) is 5.12. The second-order valence-corrected chi connectivity index (χ2v) is 5.17. The Kier molecular flexibility index (Phi) is 5.55. The number of benzene rings is 1. The number of anilines is 1. The van der Waals surface area contributed by atoms with Gasteiger partial charge in [-0.1, -0.05) is 26.0 Å². The Morgan fingerprint density at radius 2 is 1.84 bits per heavy atom. The Morgan fingerprint density at radius 3 is 2.47 bits per heavy atom. The second-order valence-electron chi connectivity index (χ2n) is 5.17. The summed E-state index contributed by atoms with van der Waals surface area (Å²) in [5.74, 6) is -0.000927. The van der Waals surface area contributed by atoms with Crippen LogP contribution in [0.15, 0.2) is 18.2 Å². The summed E-state index contributed by atoms with van der Waals surface area (Å²) in [6, 6.07) is 5.75. The highest BCUT2D eigenvalue weighted by Gasteiger charge is 2.09. The Hall–Kier alpha value is -1.84. The third-order valence-corrected chi connectivity index (χ3v) is 2.92. The smallest absolute Gasteiger partial charge is 0.243 e. The Bertz CT molecular complexity index is 467. The summed E-state index contributed by atoms with van der Waals surface area (Å²) in [4.78, 5) is 23.2. The molecule has 0 heterocycles. The number of hydrogen-bond acceptors (Lipinski definition) is 2. The summed E-state index contributed by atoms with van der Waals surface area (Å²) in [6.07, 6.45) is 0.441. The van der Waals surface area contributed by atoms with E-state index in [9.17, 15) is 9.59 Å². The Morgan fingerprint density at radius 1 is 1.16 bits per heavy atom. The first-order chi connectivity index (χ1) is 8.90. The van der Waals surface area contributed by atoms with E-state index in [1.807, 2.05) is 45.9 Å². The van der Waals surface area contributed by atoms with Crippen LogP contribution in [0.2, 0.25) is 0 Å². The molecule has 0 unspecified atom stereocenters. The number of nitrogens with one attached hydrogen (secondary N) is 2. The van der Waals surface area contributed by atoms with Crippen molar-refractivity contribution in [3.63, 3.8) is 0 Å². The zero-order chi connectivity index (χ0) is 14.4. The second kappa shape index (κ2) is 6.92. The average Bonchev–Trinajstić information content (AvgIpc) is 2.32. The molecule has 4 nitrogen and oxygen atoms in total. The van der Waals surface area contributed by atoms with Crippen molar-refractivity contribution in [3.8, 4) is 0 Å². The molecule has 2 amide bonds. The van der Waals surface area contributed by atoms with Crippen molar-refractivity contribution < 1.29 is 9.59 Å². The SMILES string of the molecule is Cc1cccc(NC(=O)CNC(=O)CC(C)C)c1C. The monoisotopic (exact) mass is 262 g/mol. The predicted octanol–water partition coefficient (Wildman–Crippen LogP) is 2.40. The van der Waals surface area contributed by atoms with Crippen molar-refractivity contribution in [1.82, 2.24) is 5.32 Å². The topological polar surface area (TPSA) is 58.2 Å². The standard InChI is InChI=1S/C15H22N2O2/c1-10(2)8-14(18)16-9-15(19)17-13-7-5-6-11(3)12(13)4/h5-7,10H,8-9H2,1-4H3,(H,16,18)(H,17,19). The average molecular weight is 262 g/mol. The quantitative estimate of drug-likeness (QED) is 0.856. The van der Waals surface area contributed by atoms with E-state index in [0.29, 0.717) is 12.3 Å². The zero-order valence-corrected chi connectivity index (χ0v) is 12.0. The van der Waals surface area contributed by atoms with Crippen molar-refractivity contribution in [1.29, 1.82) is 0 Å². The van der Waals surface area contributed by atoms with Crippen molar-refractivity contribution in [2.75, 3.05) is 11.9 Å². The maximum Gasteiger partial charge on any atom is 0.243 e. The number of amides is 2. The van der Waals surface area contributed by atoms with Gasteiger partial charge in [-0.3, -0.25) is 9.59 Å². The van der Waals surface area contributed by atoms with Crippen LogP contribution in [-0.2, 0) is 9.59 Å². The molecule has 19 heavy (non-hydrogen) atoms. The van der Waals surface area contributed by atoms with Crippen molar-refractivity contribution >= 4 is 17.5 Å². The Balaban J connectivity index is 2.48. The van der Waals surface area contributed by atoms with E-state index < -0.39 is 0 Å². The number of hydrogen-bond donors (Lipinski definition) is 2. The number of rotatable bonds is 5. The van der Waals surface area contributed by atoms with E-state index in [1.165, 1.54) is 0 Å². The van der Waals surface area contributed by atoms with Gasteiger partial charge in [-0.05, 0) is 37.0 Å². The van der Waals surface area contributed by atoms with Gasteiger partial charge in [-0.2, -0.15) is 0 Å². The maximum absolute atomic E-state index is 11.7. The Labute approximate surface area is 114 Å². The van der Waals surface area contributed by atoms with E-state index in [-0.39, 0.29) is 18.4 Å². The van der Waals surface area contributed by atoms with Crippen molar-refractivity contribution in [3.05, 3.63) is 29.3 Å². The number of carbonyl (C=O) groups excluding carboxylic acids is 2. The lowest BCUT2D eigenvalue weighted by Crippen LogP contribution is -2.33. The summed E-state index contributed by atoms with van der Waals surface area (Å²) in [5.41, 5.74) is 2.97. The minimum atomic E-state index is -0.203. The molecule has 0 atom stereocenters. The van der Waals surface area contributed by atoms with Crippen LogP contribution >= 0.6 is 0 Å². The highest BCUT2D eigenvalue weighted by Crippen LogP contribution is 2.17. The molecule has 1 aromatic carbocycles. The molecule has 0 aliphatic heterocycles. The first-order valence-corrected chi connectivity index (χ1v) is 6.53. The van der Waals surface area contributed by atoms with Crippen LogP contribution in [0.3, 0.4) is 0 Å². The highest BCUT2D eigenvalue weighted by atomic mass is 16.2. The van der Waals surface area contributed by atoms with Gasteiger partial charge < -0.3 is 10.6 Å². The van der Waals surface area contributed by atoms with Gasteiger partial charge >= 0.3 is 0 Å². The maximum atomic E-state index is 11.7. The fourth-order valence-electron chi connectivity index (χ4n) is 1.70. The molecule has 0 saturated carbocycles. The van der Waals surface area contributed by atoms with Crippen LogP contribution in [0.25, 0.3) is 0 Å². The molecule has 0 spiro atoms. The molecule has 1 rings (SSSR count). The van der Waals surface area contributed by atoms with E-state index in [0.717, 1.165) is 16.8 Å². The van der Waals surface area contributed by atoms with Gasteiger partial charge in [0.1, 0.15) is 0 Å². The van der Waals surface area contributed by atoms with Gasteiger partial charge in [0.25, 0.3) is 0 Å². The summed E-state index contributed by atoms with van der Waals surface area (Å²) >= 11 is 0. The summed E-state index contributed by atoms with van der Waals surface area (Å²) in [6.45, 7) is 7.90. The molecule has 4 heteroatoms. The van der Waals surface area contributed by atoms with E-state index in [2.05, 4.69) is 10.6 Å². The third-order valence-electron chi connectivity index (χ3n) is 2.92. The molecule has 0 aliphatic rings. The number of aryl methyl sites for hydroxylation is 1. The van der Waals surface area contributed by atoms with Gasteiger partial charge in [0.2, 0.25) is 11.8 Å². The zero-order valence-electron chi connectivity index (χ0n) is 12.0. The van der Waals surface area contributed by atoms with Gasteiger partial charge in [0.15, 0.2) is 0 Å². The summed E-state index contributed by atoms with van der Waals surface area (Å²) in [5, 5.41) is 5.42. The molecule has 0 fully saturated rings. The van der Waals surface area contributed by atoms with Crippen LogP contribution in [0, 0.1) is 19.8 Å². The first kappa shape index (κ1) is 15.2. The molecule has 0 aromatic heterocycles. The minimum Gasteiger partial charge on any atom is -0.347 e. The molecule has 104 valence electrons. The molecule has 0 saturated heterocycles. The molecular weight excluding hydrogens is 240 g/mol. The van der Waals surface area contributed by atoms with Crippen LogP contribution in [0.4, 0.5) is 5.69 Å². The lowest BCUT2D eigenvalue weighted by Gasteiger charge is -2.11. The molecule has 2 N–H and O–H groups in total. The highest BCUT2D eigenvalue weighted by molar-refractivity contribution is 5.95. The van der Waals surface area contributed by atoms with E-state index >= 15 is 0 Å². The predicted molar refractivity (Wildman–Crippen MR) is 77.0 cm³/mol. The lowest BCUT2D eigenvalue weighted by molar-refractivity contribution is -0.124. The van der Waals surface area contributed by atoms with Crippen LogP contribution in [0.5, 0.6) is 0 Å². The normalized spacial score (nSPS) is 10.4. The van der Waals surface area contributed by atoms with Crippen LogP contribution < -0.4 is 10.6 Å². The van der Waals surface area contributed by atoms with Gasteiger partial charge in [-0.25, -0.2) is 0 Å². The fraction of sp³-hybridized carbons (Fsp3) is 0.467. The van der Waals surface area contributed by atoms with Gasteiger partial charge in [-0.15, -0.1) is 0 Å². The minimum absolute atomic E-state index is 0.0128. The van der Waals surface area contributed by atoms with Crippen molar-refractivity contribution in [2.24, 2.45) is 5.92 Å². The van der Waals surface area contributed by atoms with Gasteiger partial charge in [0, 0.05) is 12.1 Å². The van der Waals surface area contributed by atoms with E-state index in [1.54, 1.807) is 0 Å². The molecular formula is C15H22N2O2. The lowest BCUT2D eigenvalue weighted by atomic mass is 10.1. The molecule has 0 radical (unpaired) electrons. The first-order valence-electron chi connectivity index (χ1n) is 6.53. The molecule has 0 bridgehead atoms. The fourth-order valence-corrected chi connectivity index (χ4v) is 1.70.